The maximum atomic E-state index is 11.8. The minimum atomic E-state index is -0.0885. The van der Waals surface area contributed by atoms with E-state index in [4.69, 9.17) is 5.73 Å². The van der Waals surface area contributed by atoms with Crippen molar-refractivity contribution in [3.8, 4) is 0 Å². The molecule has 0 fully saturated rings. The molecule has 2 unspecified atom stereocenters. The topological polar surface area (TPSA) is 43.1 Å². The molecule has 88 valence electrons. The number of ketones is 1. The Labute approximate surface area is 97.9 Å². The Bertz CT molecular complexity index is 342. The molecule has 1 rings (SSSR count). The number of nitrogens with two attached hydrogens (primary N) is 1. The van der Waals surface area contributed by atoms with E-state index in [1.54, 1.807) is 0 Å². The summed E-state index contributed by atoms with van der Waals surface area (Å²) in [5.74, 6) is 0.601. The Balaban J connectivity index is 2.82. The molecule has 0 aliphatic rings. The van der Waals surface area contributed by atoms with E-state index in [1.807, 2.05) is 31.2 Å². The molecule has 0 aliphatic heterocycles. The van der Waals surface area contributed by atoms with Crippen LogP contribution in [0, 0.1) is 5.92 Å². The summed E-state index contributed by atoms with van der Waals surface area (Å²) >= 11 is 0. The first-order chi connectivity index (χ1) is 7.60. The SMILES string of the molecule is CCC(C)c1ccc(C(=O)C(C)CN)cc1. The average molecular weight is 219 g/mol. The van der Waals surface area contributed by atoms with Crippen molar-refractivity contribution in [2.75, 3.05) is 6.54 Å². The lowest BCUT2D eigenvalue weighted by Crippen LogP contribution is -2.20. The smallest absolute Gasteiger partial charge is 0.166 e. The lowest BCUT2D eigenvalue weighted by Gasteiger charge is -2.11. The Morgan fingerprint density at radius 1 is 1.25 bits per heavy atom. The molecular weight excluding hydrogens is 198 g/mol. The highest BCUT2D eigenvalue weighted by molar-refractivity contribution is 5.97. The van der Waals surface area contributed by atoms with Gasteiger partial charge in [0.1, 0.15) is 0 Å². The summed E-state index contributed by atoms with van der Waals surface area (Å²) in [5, 5.41) is 0. The van der Waals surface area contributed by atoms with Crippen LogP contribution in [0.25, 0.3) is 0 Å². The maximum Gasteiger partial charge on any atom is 0.166 e. The van der Waals surface area contributed by atoms with Crippen molar-refractivity contribution in [2.45, 2.75) is 33.1 Å². The number of carbonyl (C=O) groups excluding carboxylic acids is 1. The molecule has 0 heterocycles. The van der Waals surface area contributed by atoms with Gasteiger partial charge in [0.25, 0.3) is 0 Å². The van der Waals surface area contributed by atoms with E-state index in [-0.39, 0.29) is 11.7 Å². The molecule has 0 spiro atoms. The standard InChI is InChI=1S/C14H21NO/c1-4-10(2)12-5-7-13(8-6-12)14(16)11(3)9-15/h5-8,10-11H,4,9,15H2,1-3H3. The number of hydrogen-bond acceptors (Lipinski definition) is 2. The van der Waals surface area contributed by atoms with Gasteiger partial charge in [-0.15, -0.1) is 0 Å². The molecule has 2 nitrogen and oxygen atoms in total. The second-order valence-electron chi connectivity index (χ2n) is 4.43. The highest BCUT2D eigenvalue weighted by Crippen LogP contribution is 2.19. The molecule has 0 aromatic heterocycles. The molecule has 0 saturated carbocycles. The van der Waals surface area contributed by atoms with E-state index in [9.17, 15) is 4.79 Å². The van der Waals surface area contributed by atoms with Crippen LogP contribution < -0.4 is 5.73 Å². The molecule has 0 saturated heterocycles. The number of carbonyl (C=O) groups is 1. The number of Topliss-reactive ketones (excluding diaryl/α,β-unsaturated/α-hetero) is 1. The van der Waals surface area contributed by atoms with Gasteiger partial charge in [0.05, 0.1) is 0 Å². The van der Waals surface area contributed by atoms with Crippen molar-refractivity contribution in [2.24, 2.45) is 11.7 Å². The van der Waals surface area contributed by atoms with Crippen LogP contribution in [0.5, 0.6) is 0 Å². The second kappa shape index (κ2) is 5.80. The van der Waals surface area contributed by atoms with E-state index in [0.717, 1.165) is 12.0 Å². The molecular formula is C14H21NO. The Kier molecular flexibility index (Phi) is 4.69. The Morgan fingerprint density at radius 2 is 1.81 bits per heavy atom. The van der Waals surface area contributed by atoms with Gasteiger partial charge in [-0.05, 0) is 17.9 Å². The van der Waals surface area contributed by atoms with E-state index >= 15 is 0 Å². The van der Waals surface area contributed by atoms with Gasteiger partial charge in [-0.2, -0.15) is 0 Å². The fourth-order valence-corrected chi connectivity index (χ4v) is 1.60. The molecule has 16 heavy (non-hydrogen) atoms. The largest absolute Gasteiger partial charge is 0.330 e. The maximum absolute atomic E-state index is 11.8. The van der Waals surface area contributed by atoms with Crippen molar-refractivity contribution in [1.29, 1.82) is 0 Å². The van der Waals surface area contributed by atoms with E-state index in [2.05, 4.69) is 13.8 Å². The summed E-state index contributed by atoms with van der Waals surface area (Å²) in [6.45, 7) is 6.64. The fourth-order valence-electron chi connectivity index (χ4n) is 1.60. The minimum absolute atomic E-state index is 0.0885. The van der Waals surface area contributed by atoms with Gasteiger partial charge in [0, 0.05) is 18.0 Å². The van der Waals surface area contributed by atoms with Crippen LogP contribution in [0.2, 0.25) is 0 Å². The van der Waals surface area contributed by atoms with Gasteiger partial charge < -0.3 is 5.73 Å². The van der Waals surface area contributed by atoms with Crippen molar-refractivity contribution < 1.29 is 4.79 Å². The lowest BCUT2D eigenvalue weighted by atomic mass is 9.94. The van der Waals surface area contributed by atoms with Crippen LogP contribution in [0.4, 0.5) is 0 Å². The summed E-state index contributed by atoms with van der Waals surface area (Å²) < 4.78 is 0. The molecule has 1 aromatic rings. The summed E-state index contributed by atoms with van der Waals surface area (Å²) in [6.07, 6.45) is 1.12. The number of benzene rings is 1. The predicted octanol–water partition coefficient (Wildman–Crippen LogP) is 2.98. The molecule has 0 bridgehead atoms. The van der Waals surface area contributed by atoms with Gasteiger partial charge >= 0.3 is 0 Å². The van der Waals surface area contributed by atoms with Gasteiger partial charge in [-0.3, -0.25) is 4.79 Å². The highest BCUT2D eigenvalue weighted by atomic mass is 16.1. The van der Waals surface area contributed by atoms with Crippen molar-refractivity contribution in [3.63, 3.8) is 0 Å². The molecule has 0 aliphatic carbocycles. The van der Waals surface area contributed by atoms with E-state index in [0.29, 0.717) is 12.5 Å². The first-order valence-electron chi connectivity index (χ1n) is 5.94. The van der Waals surface area contributed by atoms with E-state index in [1.165, 1.54) is 5.56 Å². The van der Waals surface area contributed by atoms with Crippen molar-refractivity contribution in [3.05, 3.63) is 35.4 Å². The van der Waals surface area contributed by atoms with Crippen LogP contribution >= 0.6 is 0 Å². The zero-order valence-corrected chi connectivity index (χ0v) is 10.4. The molecule has 0 amide bonds. The van der Waals surface area contributed by atoms with Crippen LogP contribution in [-0.4, -0.2) is 12.3 Å². The molecule has 1 aromatic carbocycles. The summed E-state index contributed by atoms with van der Waals surface area (Å²) in [4.78, 5) is 11.8. The number of hydrogen-bond donors (Lipinski definition) is 1. The van der Waals surface area contributed by atoms with Crippen LogP contribution in [0.1, 0.15) is 49.0 Å². The van der Waals surface area contributed by atoms with Crippen LogP contribution in [0.15, 0.2) is 24.3 Å². The monoisotopic (exact) mass is 219 g/mol. The second-order valence-corrected chi connectivity index (χ2v) is 4.43. The lowest BCUT2D eigenvalue weighted by molar-refractivity contribution is 0.0934. The van der Waals surface area contributed by atoms with Gasteiger partial charge in [-0.1, -0.05) is 45.0 Å². The first-order valence-corrected chi connectivity index (χ1v) is 5.94. The van der Waals surface area contributed by atoms with Crippen molar-refractivity contribution in [1.82, 2.24) is 0 Å². The third kappa shape index (κ3) is 2.92. The molecule has 2 N–H and O–H groups in total. The zero-order valence-electron chi connectivity index (χ0n) is 10.4. The van der Waals surface area contributed by atoms with Gasteiger partial charge in [0.15, 0.2) is 5.78 Å². The summed E-state index contributed by atoms with van der Waals surface area (Å²) in [6, 6.07) is 7.92. The normalized spacial score (nSPS) is 14.5. The third-order valence-corrected chi connectivity index (χ3v) is 3.18. The predicted molar refractivity (Wildman–Crippen MR) is 67.7 cm³/mol. The Hall–Kier alpha value is -1.15. The van der Waals surface area contributed by atoms with Crippen LogP contribution in [0.3, 0.4) is 0 Å². The summed E-state index contributed by atoms with van der Waals surface area (Å²) in [5.41, 5.74) is 7.55. The number of rotatable bonds is 5. The quantitative estimate of drug-likeness (QED) is 0.774. The molecule has 2 heteroatoms. The fraction of sp³-hybridized carbons (Fsp3) is 0.500. The minimum Gasteiger partial charge on any atom is -0.330 e. The van der Waals surface area contributed by atoms with E-state index < -0.39 is 0 Å². The summed E-state index contributed by atoms with van der Waals surface area (Å²) in [7, 11) is 0. The highest BCUT2D eigenvalue weighted by Gasteiger charge is 2.13. The zero-order chi connectivity index (χ0) is 12.1. The van der Waals surface area contributed by atoms with Gasteiger partial charge in [-0.25, -0.2) is 0 Å². The molecule has 2 atom stereocenters. The van der Waals surface area contributed by atoms with Crippen LogP contribution in [-0.2, 0) is 0 Å². The van der Waals surface area contributed by atoms with Crippen molar-refractivity contribution >= 4 is 5.78 Å². The Morgan fingerprint density at radius 3 is 2.25 bits per heavy atom. The molecule has 0 radical (unpaired) electrons. The van der Waals surface area contributed by atoms with Gasteiger partial charge in [0.2, 0.25) is 0 Å². The average Bonchev–Trinajstić information content (AvgIpc) is 2.36. The third-order valence-electron chi connectivity index (χ3n) is 3.18. The first kappa shape index (κ1) is 12.9.